The van der Waals surface area contributed by atoms with Gasteiger partial charge in [0.25, 0.3) is 16.6 Å². The van der Waals surface area contributed by atoms with Crippen molar-refractivity contribution < 1.29 is 18.3 Å². The molecule has 7 rings (SSSR count). The number of aromatic nitrogens is 1. The van der Waals surface area contributed by atoms with Crippen molar-refractivity contribution in [3.63, 3.8) is 0 Å². The molecule has 0 aliphatic carbocycles. The Morgan fingerprint density at radius 3 is 1.07 bits per heavy atom. The summed E-state index contributed by atoms with van der Waals surface area (Å²) in [5.41, 5.74) is 1.29. The number of nitrogens with zero attached hydrogens (tertiary/aromatic N) is 3. The molecule has 0 saturated carbocycles. The third-order valence-electron chi connectivity index (χ3n) is 11.2. The van der Waals surface area contributed by atoms with Crippen LogP contribution >= 0.6 is 0 Å². The quantitative estimate of drug-likeness (QED) is 0.124. The maximum atomic E-state index is 7.38. The number of hydrogen-bond acceptors (Lipinski definition) is 7. The maximum Gasteiger partial charge on any atom is 0.261 e. The predicted molar refractivity (Wildman–Crippen MR) is 233 cm³/mol. The summed E-state index contributed by atoms with van der Waals surface area (Å²) in [6.45, 7) is 18.8. The summed E-state index contributed by atoms with van der Waals surface area (Å²) in [7, 11) is -5.54. The lowest BCUT2D eigenvalue weighted by molar-refractivity contribution is 0.156. The Labute approximate surface area is 335 Å². The molecule has 0 N–H and O–H groups in total. The van der Waals surface area contributed by atoms with Gasteiger partial charge in [-0.05, 0) is 56.8 Å². The van der Waals surface area contributed by atoms with Crippen LogP contribution in [-0.4, -0.2) is 70.9 Å². The van der Waals surface area contributed by atoms with Crippen molar-refractivity contribution in [2.75, 3.05) is 13.2 Å². The Morgan fingerprint density at radius 1 is 0.482 bits per heavy atom. The number of rotatable bonds is 12. The van der Waals surface area contributed by atoms with Crippen molar-refractivity contribution in [1.82, 2.24) is 4.98 Å². The van der Waals surface area contributed by atoms with Crippen LogP contribution in [0.2, 0.25) is 10.1 Å². The average molecular weight is 782 g/mol. The number of hydrogen-bond donors (Lipinski definition) is 0. The number of ether oxygens (including phenoxy) is 2. The topological polar surface area (TPSA) is 74.5 Å². The number of aliphatic imine (C=N–C) groups is 2. The fourth-order valence-electron chi connectivity index (χ4n) is 8.31. The van der Waals surface area contributed by atoms with E-state index in [1.54, 1.807) is 0 Å². The van der Waals surface area contributed by atoms with Crippen molar-refractivity contribution in [1.29, 1.82) is 0 Å². The molecule has 0 radical (unpaired) electrons. The Bertz CT molecular complexity index is 1910. The summed E-state index contributed by atoms with van der Waals surface area (Å²) in [4.78, 5) is 15.1. The SMILES string of the molecule is C[C@H](O[Si](c1ccccc1)(c1ccccc1)C(C)(C)C)[C@H]1COC(c2cccc(C3=N[C@@H]([C@H](C)O[Si](c4ccccc4)(c4ccccc4)C(C)(C)C)CO3)n2)=N1. The molecule has 0 unspecified atom stereocenters. The van der Waals surface area contributed by atoms with Gasteiger partial charge in [0.1, 0.15) is 36.7 Å². The molecule has 4 aromatic carbocycles. The van der Waals surface area contributed by atoms with Gasteiger partial charge in [-0.15, -0.1) is 0 Å². The van der Waals surface area contributed by atoms with Crippen LogP contribution in [0.25, 0.3) is 0 Å². The van der Waals surface area contributed by atoms with Gasteiger partial charge in [0.15, 0.2) is 0 Å². The monoisotopic (exact) mass is 781 g/mol. The molecule has 9 heteroatoms. The molecule has 0 fully saturated rings. The molecule has 5 aromatic rings. The van der Waals surface area contributed by atoms with Crippen LogP contribution in [0.1, 0.15) is 66.8 Å². The van der Waals surface area contributed by atoms with E-state index >= 15 is 0 Å². The molecule has 290 valence electrons. The van der Waals surface area contributed by atoms with Crippen molar-refractivity contribution in [3.05, 3.63) is 151 Å². The molecule has 56 heavy (non-hydrogen) atoms. The van der Waals surface area contributed by atoms with Gasteiger partial charge in [-0.1, -0.05) is 169 Å². The molecular weight excluding hydrogens is 727 g/mol. The molecule has 0 spiro atoms. The molecule has 2 aliphatic heterocycles. The smallest absolute Gasteiger partial charge is 0.261 e. The number of benzene rings is 4. The van der Waals surface area contributed by atoms with Gasteiger partial charge in [-0.25, -0.2) is 15.0 Å². The van der Waals surface area contributed by atoms with Gasteiger partial charge in [0, 0.05) is 0 Å². The normalized spacial score (nSPS) is 18.7. The summed E-state index contributed by atoms with van der Waals surface area (Å²) in [6, 6.07) is 48.3. The minimum atomic E-state index is -2.77. The van der Waals surface area contributed by atoms with E-state index in [9.17, 15) is 0 Å². The first-order chi connectivity index (χ1) is 26.8. The Morgan fingerprint density at radius 2 is 0.786 bits per heavy atom. The van der Waals surface area contributed by atoms with Gasteiger partial charge in [0.05, 0.1) is 12.2 Å². The first kappa shape index (κ1) is 39.6. The fraction of sp³-hybridized carbons (Fsp3) is 0.340. The van der Waals surface area contributed by atoms with Crippen molar-refractivity contribution in [2.24, 2.45) is 9.98 Å². The molecule has 4 atom stereocenters. The zero-order valence-corrected chi connectivity index (χ0v) is 36.0. The third kappa shape index (κ3) is 7.57. The van der Waals surface area contributed by atoms with Crippen LogP contribution < -0.4 is 20.7 Å². The molecule has 0 saturated heterocycles. The molecule has 2 aliphatic rings. The Balaban J connectivity index is 1.12. The van der Waals surface area contributed by atoms with Gasteiger partial charge in [-0.2, -0.15) is 0 Å². The lowest BCUT2D eigenvalue weighted by Crippen LogP contribution is -2.68. The van der Waals surface area contributed by atoms with E-state index in [1.807, 2.05) is 18.2 Å². The highest BCUT2D eigenvalue weighted by molar-refractivity contribution is 7.00. The van der Waals surface area contributed by atoms with Gasteiger partial charge >= 0.3 is 0 Å². The first-order valence-electron chi connectivity index (χ1n) is 19.8. The van der Waals surface area contributed by atoms with E-state index in [0.29, 0.717) is 36.4 Å². The second-order valence-electron chi connectivity index (χ2n) is 17.0. The zero-order chi connectivity index (χ0) is 39.6. The summed E-state index contributed by atoms with van der Waals surface area (Å²) in [6.07, 6.45) is -0.412. The predicted octanol–water partition coefficient (Wildman–Crippen LogP) is 7.30. The van der Waals surface area contributed by atoms with Crippen molar-refractivity contribution >= 4 is 49.2 Å². The maximum absolute atomic E-state index is 7.38. The summed E-state index contributed by atoms with van der Waals surface area (Å²) >= 11 is 0. The van der Waals surface area contributed by atoms with Crippen LogP contribution in [0.5, 0.6) is 0 Å². The van der Waals surface area contributed by atoms with Gasteiger partial charge in [-0.3, -0.25) is 0 Å². The van der Waals surface area contributed by atoms with Gasteiger partial charge < -0.3 is 18.3 Å². The van der Waals surface area contributed by atoms with E-state index in [2.05, 4.69) is 177 Å². The summed E-state index contributed by atoms with van der Waals surface area (Å²) in [5, 5.41) is 4.67. The molecule has 7 nitrogen and oxygen atoms in total. The first-order valence-corrected chi connectivity index (χ1v) is 23.6. The zero-order valence-electron chi connectivity index (χ0n) is 34.0. The van der Waals surface area contributed by atoms with E-state index in [0.717, 1.165) is 0 Å². The lowest BCUT2D eigenvalue weighted by atomic mass is 10.2. The van der Waals surface area contributed by atoms with E-state index < -0.39 is 16.6 Å². The minimum Gasteiger partial charge on any atom is -0.474 e. The fourth-order valence-corrected chi connectivity index (χ4v) is 17.8. The third-order valence-corrected chi connectivity index (χ3v) is 21.4. The van der Waals surface area contributed by atoms with Crippen LogP contribution in [-0.2, 0) is 18.3 Å². The van der Waals surface area contributed by atoms with Crippen molar-refractivity contribution in [2.45, 2.75) is 89.8 Å². The van der Waals surface area contributed by atoms with Crippen LogP contribution in [0.15, 0.2) is 150 Å². The molecule has 0 bridgehead atoms. The lowest BCUT2D eigenvalue weighted by Gasteiger charge is -2.45. The summed E-state index contributed by atoms with van der Waals surface area (Å²) < 4.78 is 27.3. The second kappa shape index (κ2) is 16.1. The second-order valence-corrected chi connectivity index (χ2v) is 25.5. The van der Waals surface area contributed by atoms with Crippen LogP contribution in [0.3, 0.4) is 0 Å². The highest BCUT2D eigenvalue weighted by Gasteiger charge is 2.53. The van der Waals surface area contributed by atoms with E-state index in [-0.39, 0.29) is 34.4 Å². The highest BCUT2D eigenvalue weighted by Crippen LogP contribution is 2.39. The van der Waals surface area contributed by atoms with E-state index in [4.69, 9.17) is 33.3 Å². The minimum absolute atomic E-state index is 0.145. The summed E-state index contributed by atoms with van der Waals surface area (Å²) in [5.74, 6) is 1.02. The van der Waals surface area contributed by atoms with Gasteiger partial charge in [0.2, 0.25) is 11.8 Å². The highest BCUT2D eigenvalue weighted by atomic mass is 28.4. The Kier molecular flexibility index (Phi) is 11.3. The largest absolute Gasteiger partial charge is 0.474 e. The van der Waals surface area contributed by atoms with Crippen molar-refractivity contribution in [3.8, 4) is 0 Å². The van der Waals surface area contributed by atoms with Crippen LogP contribution in [0, 0.1) is 0 Å². The van der Waals surface area contributed by atoms with Crippen LogP contribution in [0.4, 0.5) is 0 Å². The molecule has 0 amide bonds. The number of pyridine rings is 1. The molecular formula is C47H55N3O4Si2. The van der Waals surface area contributed by atoms with E-state index in [1.165, 1.54) is 20.7 Å². The molecule has 1 aromatic heterocycles. The molecule has 3 heterocycles. The average Bonchev–Trinajstić information content (AvgIpc) is 3.91. The Hall–Kier alpha value is -4.68. The standard InChI is InChI=1S/C47H55N3O4Si2/c1-34(53-55(46(3,4)5,36-22-13-9-14-23-36)37-24-15-10-16-25-37)42-32-51-44(49-42)40-30-21-31-41(48-40)45-50-43(33-52-45)35(2)54-56(47(6,7)8,38-26-17-11-18-27-38)39-28-19-12-20-29-39/h9-31,34-35,42-43H,32-33H2,1-8H3/t34-,35-,42+,43+/m0/s1.